The smallest absolute Gasteiger partial charge is 0.326 e. The molecule has 1 aliphatic heterocycles. The van der Waals surface area contributed by atoms with Gasteiger partial charge < -0.3 is 20.1 Å². The molecule has 0 unspecified atom stereocenters. The van der Waals surface area contributed by atoms with E-state index < -0.39 is 46.3 Å². The minimum atomic E-state index is -3.12. The molecule has 9 nitrogen and oxygen atoms in total. The number of hydrogen-bond acceptors (Lipinski definition) is 7. The molecule has 28 heavy (non-hydrogen) atoms. The second kappa shape index (κ2) is 9.54. The number of carbonyl (C=O) groups excluding carboxylic acids is 3. The fraction of sp³-hybridized carbons (Fsp3) is 0.500. The van der Waals surface area contributed by atoms with Crippen LogP contribution in [0.3, 0.4) is 0 Å². The quantitative estimate of drug-likeness (QED) is 0.578. The predicted octanol–water partition coefficient (Wildman–Crippen LogP) is 0.0501. The Morgan fingerprint density at radius 3 is 2.46 bits per heavy atom. The summed E-state index contributed by atoms with van der Waals surface area (Å²) in [4.78, 5) is 35.9. The molecule has 1 heterocycles. The number of ether oxygens (including phenoxy) is 2. The van der Waals surface area contributed by atoms with E-state index >= 15 is 0 Å². The molecule has 2 N–H and O–H groups in total. The summed E-state index contributed by atoms with van der Waals surface area (Å²) in [6.07, 6.45) is -0.759. The van der Waals surface area contributed by atoms with E-state index in [1.54, 1.807) is 24.3 Å². The van der Waals surface area contributed by atoms with Crippen molar-refractivity contribution in [3.8, 4) is 5.75 Å². The summed E-state index contributed by atoms with van der Waals surface area (Å²) < 4.78 is 33.1. The second-order valence-electron chi connectivity index (χ2n) is 6.38. The molecule has 0 spiro atoms. The highest BCUT2D eigenvalue weighted by atomic mass is 32.2. The van der Waals surface area contributed by atoms with E-state index in [0.29, 0.717) is 24.3 Å². The van der Waals surface area contributed by atoms with E-state index in [1.165, 1.54) is 6.92 Å². The molecule has 1 aromatic rings. The van der Waals surface area contributed by atoms with E-state index in [-0.39, 0.29) is 11.5 Å². The fourth-order valence-corrected chi connectivity index (χ4v) is 4.32. The Labute approximate surface area is 163 Å². The number of esters is 1. The van der Waals surface area contributed by atoms with Gasteiger partial charge in [0.2, 0.25) is 0 Å². The third-order valence-corrected chi connectivity index (χ3v) is 5.85. The summed E-state index contributed by atoms with van der Waals surface area (Å²) in [6.45, 7) is 3.34. The van der Waals surface area contributed by atoms with Crippen molar-refractivity contribution in [1.29, 1.82) is 0 Å². The Morgan fingerprint density at radius 2 is 1.89 bits per heavy atom. The number of benzene rings is 1. The van der Waals surface area contributed by atoms with Crippen LogP contribution in [-0.2, 0) is 24.2 Å². The van der Waals surface area contributed by atoms with Crippen molar-refractivity contribution in [1.82, 2.24) is 10.6 Å². The summed E-state index contributed by atoms with van der Waals surface area (Å²) in [5.74, 6) is -1.27. The number of amides is 2. The Bertz CT molecular complexity index is 821. The zero-order valence-electron chi connectivity index (χ0n) is 15.8. The first-order chi connectivity index (χ1) is 13.2. The summed E-state index contributed by atoms with van der Waals surface area (Å²) in [7, 11) is -3.12. The number of nitrogens with one attached hydrogen (secondary N) is 2. The first kappa shape index (κ1) is 21.7. The van der Waals surface area contributed by atoms with Gasteiger partial charge >= 0.3 is 5.97 Å². The van der Waals surface area contributed by atoms with Crippen LogP contribution >= 0.6 is 0 Å². The van der Waals surface area contributed by atoms with Crippen LogP contribution < -0.4 is 15.4 Å². The van der Waals surface area contributed by atoms with E-state index in [4.69, 9.17) is 9.47 Å². The largest absolute Gasteiger partial charge is 0.494 e. The number of carbonyl (C=O) groups is 3. The van der Waals surface area contributed by atoms with Gasteiger partial charge in [-0.1, -0.05) is 0 Å². The lowest BCUT2D eigenvalue weighted by atomic mass is 10.2. The van der Waals surface area contributed by atoms with Gasteiger partial charge in [-0.25, -0.2) is 8.42 Å². The summed E-state index contributed by atoms with van der Waals surface area (Å²) in [5, 5.41) is 4.96. The molecule has 0 radical (unpaired) electrons. The number of hydrogen-bond donors (Lipinski definition) is 2. The van der Waals surface area contributed by atoms with Crippen LogP contribution in [0.5, 0.6) is 5.75 Å². The third kappa shape index (κ3) is 6.52. The maximum atomic E-state index is 12.0. The molecule has 2 rings (SSSR count). The van der Waals surface area contributed by atoms with Gasteiger partial charge in [-0.15, -0.1) is 0 Å². The average molecular weight is 412 g/mol. The number of rotatable bonds is 8. The first-order valence-electron chi connectivity index (χ1n) is 8.91. The molecule has 2 atom stereocenters. The monoisotopic (exact) mass is 412 g/mol. The fourth-order valence-electron chi connectivity index (χ4n) is 2.64. The van der Waals surface area contributed by atoms with Crippen LogP contribution in [0.2, 0.25) is 0 Å². The first-order valence-corrected chi connectivity index (χ1v) is 10.7. The minimum absolute atomic E-state index is 0.0314. The van der Waals surface area contributed by atoms with Gasteiger partial charge in [0.25, 0.3) is 11.8 Å². The van der Waals surface area contributed by atoms with Gasteiger partial charge in [0, 0.05) is 11.6 Å². The zero-order chi connectivity index (χ0) is 20.7. The summed E-state index contributed by atoms with van der Waals surface area (Å²) in [6, 6.07) is 5.95. The molecule has 0 aliphatic carbocycles. The molecule has 2 amide bonds. The molecule has 0 aromatic heterocycles. The molecule has 0 saturated carbocycles. The van der Waals surface area contributed by atoms with Crippen LogP contribution in [0, 0.1) is 0 Å². The molecule has 0 bridgehead atoms. The van der Waals surface area contributed by atoms with Crippen molar-refractivity contribution in [2.45, 2.75) is 32.4 Å². The highest BCUT2D eigenvalue weighted by Gasteiger charge is 2.30. The average Bonchev–Trinajstić information content (AvgIpc) is 2.99. The lowest BCUT2D eigenvalue weighted by Gasteiger charge is -2.16. The standard InChI is InChI=1S/C18H24N2O7S/c1-3-26-15-6-4-13(5-7-15)18(23)19-10-16(21)27-12(2)17(22)20-14-8-9-28(24,25)11-14/h4-7,12,14H,3,8-11H2,1-2H3,(H,19,23)(H,20,22)/t12-,14-/m1/s1. The van der Waals surface area contributed by atoms with Crippen LogP contribution in [0.25, 0.3) is 0 Å². The van der Waals surface area contributed by atoms with E-state index in [2.05, 4.69) is 10.6 Å². The second-order valence-corrected chi connectivity index (χ2v) is 8.61. The van der Waals surface area contributed by atoms with Crippen LogP contribution in [0.1, 0.15) is 30.6 Å². The molecule has 154 valence electrons. The lowest BCUT2D eigenvalue weighted by molar-refractivity contribution is -0.154. The zero-order valence-corrected chi connectivity index (χ0v) is 16.6. The topological polar surface area (TPSA) is 128 Å². The lowest BCUT2D eigenvalue weighted by Crippen LogP contribution is -2.43. The van der Waals surface area contributed by atoms with Gasteiger partial charge in [0.05, 0.1) is 18.1 Å². The molecular formula is C18H24N2O7S. The van der Waals surface area contributed by atoms with Crippen molar-refractivity contribution in [3.05, 3.63) is 29.8 Å². The highest BCUT2D eigenvalue weighted by Crippen LogP contribution is 2.12. The Kier molecular flexibility index (Phi) is 7.38. The molecule has 1 aromatic carbocycles. The summed E-state index contributed by atoms with van der Waals surface area (Å²) in [5.41, 5.74) is 0.351. The van der Waals surface area contributed by atoms with E-state index in [1.807, 2.05) is 6.92 Å². The van der Waals surface area contributed by atoms with Gasteiger partial charge in [0.1, 0.15) is 12.3 Å². The van der Waals surface area contributed by atoms with E-state index in [0.717, 1.165) is 0 Å². The molecule has 1 aliphatic rings. The Morgan fingerprint density at radius 1 is 1.21 bits per heavy atom. The van der Waals surface area contributed by atoms with Crippen molar-refractivity contribution in [2.75, 3.05) is 24.7 Å². The predicted molar refractivity (Wildman–Crippen MR) is 101 cm³/mol. The Hall–Kier alpha value is -2.62. The minimum Gasteiger partial charge on any atom is -0.494 e. The van der Waals surface area contributed by atoms with Crippen molar-refractivity contribution >= 4 is 27.6 Å². The van der Waals surface area contributed by atoms with Crippen molar-refractivity contribution < 1.29 is 32.3 Å². The van der Waals surface area contributed by atoms with E-state index in [9.17, 15) is 22.8 Å². The van der Waals surface area contributed by atoms with Gasteiger partial charge in [-0.2, -0.15) is 0 Å². The van der Waals surface area contributed by atoms with Crippen LogP contribution in [0.15, 0.2) is 24.3 Å². The van der Waals surface area contributed by atoms with Crippen molar-refractivity contribution in [2.24, 2.45) is 0 Å². The Balaban J connectivity index is 1.75. The maximum Gasteiger partial charge on any atom is 0.326 e. The molecule has 10 heteroatoms. The van der Waals surface area contributed by atoms with Crippen molar-refractivity contribution in [3.63, 3.8) is 0 Å². The third-order valence-electron chi connectivity index (χ3n) is 4.08. The number of sulfone groups is 1. The SMILES string of the molecule is CCOc1ccc(C(=O)NCC(=O)O[C@H](C)C(=O)N[C@@H]2CCS(=O)(=O)C2)cc1. The molecule has 1 fully saturated rings. The highest BCUT2D eigenvalue weighted by molar-refractivity contribution is 7.91. The van der Waals surface area contributed by atoms with Gasteiger partial charge in [-0.05, 0) is 44.5 Å². The summed E-state index contributed by atoms with van der Waals surface area (Å²) >= 11 is 0. The normalized spacial score (nSPS) is 18.7. The van der Waals surface area contributed by atoms with Gasteiger partial charge in [-0.3, -0.25) is 14.4 Å². The van der Waals surface area contributed by atoms with Crippen LogP contribution in [-0.4, -0.2) is 63.0 Å². The molecule has 1 saturated heterocycles. The van der Waals surface area contributed by atoms with Gasteiger partial charge in [0.15, 0.2) is 15.9 Å². The maximum absolute atomic E-state index is 12.0. The molecular weight excluding hydrogens is 388 g/mol. The van der Waals surface area contributed by atoms with Crippen LogP contribution in [0.4, 0.5) is 0 Å².